The lowest BCUT2D eigenvalue weighted by atomic mass is 9.78. The van der Waals surface area contributed by atoms with Crippen molar-refractivity contribution in [2.24, 2.45) is 0 Å². The second kappa shape index (κ2) is 25.4. The SMILES string of the molecule is CC1(C)c2cc3ccccc3cc2-c2cccc(-c3cccc(-c4c5ccccc5c(-c5ccc(-c6cc7ccccc7c7ccccc67)cc5)c5ccccc45)c3)c21.CC1(C)c2cc3ccccc3cc2-c2cccc(-c3cccc(-c4c5ccccc5c(-c5ccc6ccc7ccccc7c6c5)c5ccccc45)c3)c21. The van der Waals surface area contributed by atoms with Gasteiger partial charge in [-0.2, -0.15) is 0 Å². The third-order valence-electron chi connectivity index (χ3n) is 25.2. The van der Waals surface area contributed by atoms with Gasteiger partial charge in [0.15, 0.2) is 0 Å². The molecule has 2 aliphatic rings. The minimum atomic E-state index is -0.140. The van der Waals surface area contributed by atoms with Gasteiger partial charge in [0.25, 0.3) is 0 Å². The Bertz CT molecular complexity index is 7430. The topological polar surface area (TPSA) is 0 Å². The molecular formula is C112H76. The van der Waals surface area contributed by atoms with Crippen molar-refractivity contribution in [2.45, 2.75) is 38.5 Å². The summed E-state index contributed by atoms with van der Waals surface area (Å²) in [6.45, 7) is 9.59. The van der Waals surface area contributed by atoms with Crippen LogP contribution < -0.4 is 0 Å². The minimum Gasteiger partial charge on any atom is -0.0616 e. The van der Waals surface area contributed by atoms with Crippen LogP contribution in [0, 0.1) is 0 Å². The lowest BCUT2D eigenvalue weighted by Gasteiger charge is -2.25. The van der Waals surface area contributed by atoms with Crippen LogP contribution in [-0.2, 0) is 10.8 Å². The molecule has 23 rings (SSSR count). The molecule has 0 amide bonds. The maximum absolute atomic E-state index is 2.43. The molecular weight excluding hydrogens is 1350 g/mol. The quantitative estimate of drug-likeness (QED) is 0.110. The zero-order valence-corrected chi connectivity index (χ0v) is 63.0. The Morgan fingerprint density at radius 3 is 0.875 bits per heavy atom. The molecule has 0 bridgehead atoms. The summed E-state index contributed by atoms with van der Waals surface area (Å²) in [5.74, 6) is 0. The van der Waals surface area contributed by atoms with E-state index in [1.54, 1.807) is 0 Å². The van der Waals surface area contributed by atoms with E-state index in [1.165, 1.54) is 230 Å². The first-order chi connectivity index (χ1) is 55.1. The van der Waals surface area contributed by atoms with E-state index in [0.29, 0.717) is 0 Å². The van der Waals surface area contributed by atoms with Crippen molar-refractivity contribution in [1.82, 2.24) is 0 Å². The van der Waals surface area contributed by atoms with Gasteiger partial charge in [0.1, 0.15) is 0 Å². The molecule has 112 heavy (non-hydrogen) atoms. The van der Waals surface area contributed by atoms with Crippen LogP contribution in [0.25, 0.3) is 208 Å². The third-order valence-corrected chi connectivity index (χ3v) is 25.2. The van der Waals surface area contributed by atoms with E-state index in [-0.39, 0.29) is 10.8 Å². The van der Waals surface area contributed by atoms with Gasteiger partial charge in [-0.3, -0.25) is 0 Å². The van der Waals surface area contributed by atoms with Gasteiger partial charge in [0, 0.05) is 10.8 Å². The Morgan fingerprint density at radius 2 is 0.429 bits per heavy atom. The van der Waals surface area contributed by atoms with Crippen molar-refractivity contribution in [3.63, 3.8) is 0 Å². The fraction of sp³-hybridized carbons (Fsp3) is 0.0536. The highest BCUT2D eigenvalue weighted by atomic mass is 14.4. The van der Waals surface area contributed by atoms with Crippen molar-refractivity contribution in [3.8, 4) is 100 Å². The maximum atomic E-state index is 2.43. The van der Waals surface area contributed by atoms with E-state index in [0.717, 1.165) is 0 Å². The van der Waals surface area contributed by atoms with E-state index >= 15 is 0 Å². The zero-order valence-electron chi connectivity index (χ0n) is 63.0. The van der Waals surface area contributed by atoms with E-state index in [2.05, 4.69) is 416 Å². The fourth-order valence-corrected chi connectivity index (χ4v) is 20.1. The highest BCUT2D eigenvalue weighted by Gasteiger charge is 2.40. The zero-order chi connectivity index (χ0) is 74.5. The maximum Gasteiger partial charge on any atom is 0.0165 e. The molecule has 0 fully saturated rings. The summed E-state index contributed by atoms with van der Waals surface area (Å²) < 4.78 is 0. The average Bonchev–Trinajstić information content (AvgIpc) is 1.75. The molecule has 0 heterocycles. The first-order valence-electron chi connectivity index (χ1n) is 39.4. The summed E-state index contributed by atoms with van der Waals surface area (Å²) in [5.41, 5.74) is 28.5. The molecule has 0 aliphatic heterocycles. The van der Waals surface area contributed by atoms with Crippen LogP contribution in [-0.4, -0.2) is 0 Å². The van der Waals surface area contributed by atoms with Crippen molar-refractivity contribution >= 4 is 108 Å². The van der Waals surface area contributed by atoms with Crippen molar-refractivity contribution in [2.75, 3.05) is 0 Å². The van der Waals surface area contributed by atoms with Crippen molar-refractivity contribution < 1.29 is 0 Å². The molecule has 0 atom stereocenters. The molecule has 0 nitrogen and oxygen atoms in total. The van der Waals surface area contributed by atoms with Crippen LogP contribution in [0.1, 0.15) is 49.9 Å². The predicted octanol–water partition coefficient (Wildman–Crippen LogP) is 31.2. The number of hydrogen-bond donors (Lipinski definition) is 0. The highest BCUT2D eigenvalue weighted by Crippen LogP contribution is 2.57. The van der Waals surface area contributed by atoms with Gasteiger partial charge in [0.2, 0.25) is 0 Å². The van der Waals surface area contributed by atoms with Crippen molar-refractivity contribution in [3.05, 3.63) is 411 Å². The average molecular weight is 1420 g/mol. The Kier molecular flexibility index (Phi) is 14.8. The molecule has 0 aromatic heterocycles. The minimum absolute atomic E-state index is 0.131. The molecule has 0 radical (unpaired) electrons. The summed E-state index contributed by atoms with van der Waals surface area (Å²) in [6.07, 6.45) is 0. The van der Waals surface area contributed by atoms with Gasteiger partial charge in [-0.05, 0) is 279 Å². The van der Waals surface area contributed by atoms with Crippen LogP contribution in [0.15, 0.2) is 388 Å². The molecule has 0 N–H and O–H groups in total. The molecule has 0 spiro atoms. The molecule has 0 saturated heterocycles. The number of rotatable bonds is 7. The Labute approximate surface area is 652 Å². The van der Waals surface area contributed by atoms with E-state index < -0.39 is 0 Å². The van der Waals surface area contributed by atoms with Gasteiger partial charge in [0.05, 0.1) is 0 Å². The number of fused-ring (bicyclic) bond motifs is 18. The summed E-state index contributed by atoms with van der Waals surface area (Å²) >= 11 is 0. The lowest BCUT2D eigenvalue weighted by Crippen LogP contribution is -2.16. The highest BCUT2D eigenvalue weighted by molar-refractivity contribution is 6.24. The van der Waals surface area contributed by atoms with Crippen molar-refractivity contribution in [1.29, 1.82) is 0 Å². The van der Waals surface area contributed by atoms with Crippen LogP contribution in [0.4, 0.5) is 0 Å². The first-order valence-corrected chi connectivity index (χ1v) is 39.4. The van der Waals surface area contributed by atoms with Gasteiger partial charge in [-0.25, -0.2) is 0 Å². The summed E-state index contributed by atoms with van der Waals surface area (Å²) in [4.78, 5) is 0. The Balaban J connectivity index is 0.000000138. The van der Waals surface area contributed by atoms with Gasteiger partial charge in [-0.15, -0.1) is 0 Å². The smallest absolute Gasteiger partial charge is 0.0165 e. The van der Waals surface area contributed by atoms with Gasteiger partial charge < -0.3 is 0 Å². The Hall–Kier alpha value is -13.8. The second-order valence-corrected chi connectivity index (χ2v) is 32.0. The number of hydrogen-bond acceptors (Lipinski definition) is 0. The first kappa shape index (κ1) is 65.3. The molecule has 21 aromatic rings. The molecule has 524 valence electrons. The third kappa shape index (κ3) is 10.1. The Morgan fingerprint density at radius 1 is 0.143 bits per heavy atom. The van der Waals surface area contributed by atoms with Gasteiger partial charge in [-0.1, -0.05) is 367 Å². The largest absolute Gasteiger partial charge is 0.0616 e. The van der Waals surface area contributed by atoms with Gasteiger partial charge >= 0.3 is 0 Å². The predicted molar refractivity (Wildman–Crippen MR) is 481 cm³/mol. The summed E-state index contributed by atoms with van der Waals surface area (Å²) in [5, 5.41) is 25.6. The summed E-state index contributed by atoms with van der Waals surface area (Å²) in [7, 11) is 0. The molecule has 21 aromatic carbocycles. The van der Waals surface area contributed by atoms with Crippen LogP contribution >= 0.6 is 0 Å². The molecule has 0 heteroatoms. The standard InChI is InChI=1S/C59H40.C53H36/c1-59(2)55-36-40-16-4-3-15-39(40)34-54(55)52-28-14-27-45(58(52)59)41-18-13-19-43(33-41)57-50-25-11-9-23-48(50)56(49-24-10-12-26-51(49)57)38-31-29-37(30-32-38)53-35-42-17-5-6-20-44(42)46-21-7-8-22-47(46)53;1-53(2)49-32-36-15-4-3-14-35(36)30-48(49)46-24-12-23-41(52(46)53)37-16-11-17-38(29-37)50-42-19-7-9-21-44(42)51(45-22-10-8-20-43(45)50)39-28-27-34-26-25-33-13-5-6-18-40(33)47(34)31-39/h3-36H,1-2H3;3-32H,1-2H3. The second-order valence-electron chi connectivity index (χ2n) is 32.0. The molecule has 0 saturated carbocycles. The van der Waals surface area contributed by atoms with E-state index in [4.69, 9.17) is 0 Å². The monoisotopic (exact) mass is 1420 g/mol. The molecule has 2 aliphatic carbocycles. The van der Waals surface area contributed by atoms with Crippen LogP contribution in [0.3, 0.4) is 0 Å². The lowest BCUT2D eigenvalue weighted by molar-refractivity contribution is 0.663. The van der Waals surface area contributed by atoms with Crippen LogP contribution in [0.2, 0.25) is 0 Å². The summed E-state index contributed by atoms with van der Waals surface area (Å²) in [6, 6.07) is 145. The normalized spacial score (nSPS) is 13.1. The van der Waals surface area contributed by atoms with E-state index in [1.807, 2.05) is 0 Å². The number of benzene rings is 21. The molecule has 0 unspecified atom stereocenters. The van der Waals surface area contributed by atoms with Crippen LogP contribution in [0.5, 0.6) is 0 Å². The fourth-order valence-electron chi connectivity index (χ4n) is 20.1. The van der Waals surface area contributed by atoms with E-state index in [9.17, 15) is 0 Å².